The van der Waals surface area contributed by atoms with Crippen molar-refractivity contribution in [1.82, 2.24) is 20.9 Å². The summed E-state index contributed by atoms with van der Waals surface area (Å²) in [6, 6.07) is 11.4. The molecule has 1 aliphatic rings. The topological polar surface area (TPSA) is 68.8 Å². The van der Waals surface area contributed by atoms with Crippen LogP contribution in [0.3, 0.4) is 0 Å². The average molecular weight is 345 g/mol. The van der Waals surface area contributed by atoms with Gasteiger partial charge in [0.25, 0.3) is 0 Å². The van der Waals surface area contributed by atoms with Crippen LogP contribution in [-0.2, 0) is 11.3 Å². The summed E-state index contributed by atoms with van der Waals surface area (Å²) in [5.41, 5.74) is 1.34. The summed E-state index contributed by atoms with van der Waals surface area (Å²) < 4.78 is 0. The molecule has 1 saturated heterocycles. The maximum Gasteiger partial charge on any atom is 0.239 e. The molecule has 2 rings (SSSR count). The maximum atomic E-state index is 11.7. The summed E-state index contributed by atoms with van der Waals surface area (Å²) in [6.07, 6.45) is 2.01. The molecule has 6 heteroatoms. The molecule has 1 heterocycles. The van der Waals surface area contributed by atoms with Gasteiger partial charge in [-0.05, 0) is 25.3 Å². The van der Waals surface area contributed by atoms with Crippen molar-refractivity contribution in [3.63, 3.8) is 0 Å². The third kappa shape index (κ3) is 6.38. The molecule has 0 bridgehead atoms. The van der Waals surface area contributed by atoms with Crippen molar-refractivity contribution in [2.24, 2.45) is 4.99 Å². The van der Waals surface area contributed by atoms with E-state index in [1.165, 1.54) is 5.56 Å². The number of hydrogen-bond donors (Lipinski definition) is 3. The van der Waals surface area contributed by atoms with Gasteiger partial charge in [-0.15, -0.1) is 0 Å². The van der Waals surface area contributed by atoms with Gasteiger partial charge in [0.05, 0.1) is 6.54 Å². The lowest BCUT2D eigenvalue weighted by Gasteiger charge is -2.21. The fourth-order valence-electron chi connectivity index (χ4n) is 3.12. The fourth-order valence-corrected chi connectivity index (χ4v) is 3.12. The number of nitrogens with zero attached hydrogens (tertiary/aromatic N) is 2. The van der Waals surface area contributed by atoms with Crippen LogP contribution < -0.4 is 16.0 Å². The molecule has 2 unspecified atom stereocenters. The molecular weight excluding hydrogens is 314 g/mol. The van der Waals surface area contributed by atoms with E-state index in [1.807, 2.05) is 13.0 Å². The zero-order valence-corrected chi connectivity index (χ0v) is 15.6. The quantitative estimate of drug-likeness (QED) is 0.515. The van der Waals surface area contributed by atoms with Crippen molar-refractivity contribution >= 4 is 11.9 Å². The van der Waals surface area contributed by atoms with E-state index in [0.717, 1.165) is 25.9 Å². The van der Waals surface area contributed by atoms with Gasteiger partial charge in [-0.1, -0.05) is 37.3 Å². The number of amides is 1. The summed E-state index contributed by atoms with van der Waals surface area (Å²) >= 11 is 0. The van der Waals surface area contributed by atoms with E-state index < -0.39 is 0 Å². The van der Waals surface area contributed by atoms with Crippen molar-refractivity contribution in [3.8, 4) is 0 Å². The monoisotopic (exact) mass is 345 g/mol. The number of rotatable bonds is 7. The Kier molecular flexibility index (Phi) is 7.73. The van der Waals surface area contributed by atoms with E-state index >= 15 is 0 Å². The minimum Gasteiger partial charge on any atom is -0.355 e. The third-order valence-corrected chi connectivity index (χ3v) is 4.49. The minimum absolute atomic E-state index is 0.00436. The average Bonchev–Trinajstić information content (AvgIpc) is 2.96. The van der Waals surface area contributed by atoms with Gasteiger partial charge in [-0.25, -0.2) is 0 Å². The molecule has 1 amide bonds. The Bertz CT molecular complexity index is 560. The highest BCUT2D eigenvalue weighted by atomic mass is 16.1. The van der Waals surface area contributed by atoms with Crippen LogP contribution in [0.15, 0.2) is 35.3 Å². The first-order chi connectivity index (χ1) is 12.1. The first kappa shape index (κ1) is 19.2. The van der Waals surface area contributed by atoms with Crippen LogP contribution in [0.2, 0.25) is 0 Å². The molecule has 0 aliphatic carbocycles. The lowest BCUT2D eigenvalue weighted by atomic mass is 10.2. The second-order valence-electron chi connectivity index (χ2n) is 6.62. The Morgan fingerprint density at radius 3 is 2.72 bits per heavy atom. The Morgan fingerprint density at radius 2 is 2.04 bits per heavy atom. The second-order valence-corrected chi connectivity index (χ2v) is 6.62. The van der Waals surface area contributed by atoms with Gasteiger partial charge < -0.3 is 16.0 Å². The Labute approximate surface area is 151 Å². The summed E-state index contributed by atoms with van der Waals surface area (Å²) in [5.74, 6) is 0.681. The van der Waals surface area contributed by atoms with Gasteiger partial charge in [0, 0.05) is 38.8 Å². The number of carbonyl (C=O) groups excluding carboxylic acids is 1. The molecule has 0 saturated carbocycles. The van der Waals surface area contributed by atoms with Crippen molar-refractivity contribution < 1.29 is 4.79 Å². The number of benzene rings is 1. The number of carbonyl (C=O) groups is 1. The zero-order valence-electron chi connectivity index (χ0n) is 15.6. The van der Waals surface area contributed by atoms with Crippen molar-refractivity contribution in [2.45, 2.75) is 45.3 Å². The second kappa shape index (κ2) is 10.0. The highest BCUT2D eigenvalue weighted by molar-refractivity contribution is 5.86. The van der Waals surface area contributed by atoms with Crippen molar-refractivity contribution in [1.29, 1.82) is 0 Å². The van der Waals surface area contributed by atoms with E-state index in [-0.39, 0.29) is 12.5 Å². The van der Waals surface area contributed by atoms with Crippen LogP contribution in [0.1, 0.15) is 32.3 Å². The Morgan fingerprint density at radius 1 is 1.28 bits per heavy atom. The standard InChI is InChI=1S/C19H31N5O/c1-4-10-21-18(25)12-22-19(20-3)23-17-11-15(2)24(14-17)13-16-8-6-5-7-9-16/h5-9,15,17H,4,10-14H2,1-3H3,(H,21,25)(H2,20,22,23). The van der Waals surface area contributed by atoms with Gasteiger partial charge >= 0.3 is 0 Å². The van der Waals surface area contributed by atoms with Gasteiger partial charge in [-0.3, -0.25) is 14.7 Å². The van der Waals surface area contributed by atoms with Crippen molar-refractivity contribution in [3.05, 3.63) is 35.9 Å². The Balaban J connectivity index is 1.78. The van der Waals surface area contributed by atoms with E-state index in [2.05, 4.69) is 57.0 Å². The maximum absolute atomic E-state index is 11.7. The van der Waals surface area contributed by atoms with Gasteiger partial charge in [0.15, 0.2) is 5.96 Å². The van der Waals surface area contributed by atoms with E-state index in [0.29, 0.717) is 24.6 Å². The van der Waals surface area contributed by atoms with Crippen LogP contribution >= 0.6 is 0 Å². The molecule has 1 aromatic carbocycles. The highest BCUT2D eigenvalue weighted by Gasteiger charge is 2.29. The van der Waals surface area contributed by atoms with E-state index in [9.17, 15) is 4.79 Å². The normalized spacial score (nSPS) is 21.2. The van der Waals surface area contributed by atoms with Crippen LogP contribution in [0.5, 0.6) is 0 Å². The molecule has 0 aromatic heterocycles. The predicted octanol–water partition coefficient (Wildman–Crippen LogP) is 1.34. The number of hydrogen-bond acceptors (Lipinski definition) is 3. The molecule has 0 spiro atoms. The van der Waals surface area contributed by atoms with Gasteiger partial charge in [-0.2, -0.15) is 0 Å². The van der Waals surface area contributed by atoms with Crippen LogP contribution in [0.25, 0.3) is 0 Å². The molecule has 138 valence electrons. The smallest absolute Gasteiger partial charge is 0.239 e. The Hall–Kier alpha value is -2.08. The first-order valence-electron chi connectivity index (χ1n) is 9.14. The van der Waals surface area contributed by atoms with E-state index in [4.69, 9.17) is 0 Å². The predicted molar refractivity (Wildman–Crippen MR) is 103 cm³/mol. The lowest BCUT2D eigenvalue weighted by molar-refractivity contribution is -0.120. The molecule has 25 heavy (non-hydrogen) atoms. The molecule has 6 nitrogen and oxygen atoms in total. The molecule has 3 N–H and O–H groups in total. The SMILES string of the molecule is CCCNC(=O)CNC(=NC)NC1CC(C)N(Cc2ccccc2)C1. The van der Waals surface area contributed by atoms with Gasteiger partial charge in [0.2, 0.25) is 5.91 Å². The number of likely N-dealkylation sites (tertiary alicyclic amines) is 1. The fraction of sp³-hybridized carbons (Fsp3) is 0.579. The first-order valence-corrected chi connectivity index (χ1v) is 9.14. The molecule has 1 aliphatic heterocycles. The van der Waals surface area contributed by atoms with Crippen LogP contribution in [-0.4, -0.2) is 55.5 Å². The molecule has 0 radical (unpaired) electrons. The lowest BCUT2D eigenvalue weighted by Crippen LogP contribution is -2.47. The summed E-state index contributed by atoms with van der Waals surface area (Å²) in [4.78, 5) is 18.4. The largest absolute Gasteiger partial charge is 0.355 e. The van der Waals surface area contributed by atoms with Crippen LogP contribution in [0.4, 0.5) is 0 Å². The third-order valence-electron chi connectivity index (χ3n) is 4.49. The molecule has 1 fully saturated rings. The number of aliphatic imine (C=N–C) groups is 1. The zero-order chi connectivity index (χ0) is 18.1. The summed E-state index contributed by atoms with van der Waals surface area (Å²) in [6.45, 7) is 7.19. The minimum atomic E-state index is -0.00436. The van der Waals surface area contributed by atoms with Crippen molar-refractivity contribution in [2.75, 3.05) is 26.7 Å². The highest BCUT2D eigenvalue weighted by Crippen LogP contribution is 2.20. The van der Waals surface area contributed by atoms with Gasteiger partial charge in [0.1, 0.15) is 0 Å². The van der Waals surface area contributed by atoms with E-state index in [1.54, 1.807) is 7.05 Å². The molecular formula is C19H31N5O. The molecule has 2 atom stereocenters. The number of guanidine groups is 1. The molecule has 1 aromatic rings. The number of nitrogens with one attached hydrogen (secondary N) is 3. The van der Waals surface area contributed by atoms with Crippen LogP contribution in [0, 0.1) is 0 Å². The summed E-state index contributed by atoms with van der Waals surface area (Å²) in [5, 5.41) is 9.39. The summed E-state index contributed by atoms with van der Waals surface area (Å²) in [7, 11) is 1.74.